The first-order chi connectivity index (χ1) is 12.1. The van der Waals surface area contributed by atoms with E-state index in [2.05, 4.69) is 35.6 Å². The Morgan fingerprint density at radius 3 is 2.56 bits per heavy atom. The van der Waals surface area contributed by atoms with Gasteiger partial charge in [-0.1, -0.05) is 60.2 Å². The van der Waals surface area contributed by atoms with E-state index in [9.17, 15) is 4.79 Å². The third-order valence-electron chi connectivity index (χ3n) is 4.41. The van der Waals surface area contributed by atoms with Crippen LogP contribution in [0.3, 0.4) is 0 Å². The molecule has 0 radical (unpaired) electrons. The third kappa shape index (κ3) is 4.00. The molecule has 0 aliphatic heterocycles. The molecule has 128 valence electrons. The number of rotatable bonds is 5. The fraction of sp³-hybridized carbons (Fsp3) is 0.227. The summed E-state index contributed by atoms with van der Waals surface area (Å²) >= 11 is 0. The highest BCUT2D eigenvalue weighted by Crippen LogP contribution is 2.26. The highest BCUT2D eigenvalue weighted by molar-refractivity contribution is 5.85. The van der Waals surface area contributed by atoms with Gasteiger partial charge in [0.15, 0.2) is 0 Å². The second-order valence-electron chi connectivity index (χ2n) is 6.39. The second-order valence-corrected chi connectivity index (χ2v) is 6.39. The van der Waals surface area contributed by atoms with Crippen LogP contribution >= 0.6 is 0 Å². The summed E-state index contributed by atoms with van der Waals surface area (Å²) in [7, 11) is 1.65. The zero-order valence-corrected chi connectivity index (χ0v) is 14.9. The van der Waals surface area contributed by atoms with Crippen LogP contribution in [0.4, 0.5) is 0 Å². The van der Waals surface area contributed by atoms with Crippen molar-refractivity contribution in [2.45, 2.75) is 26.3 Å². The van der Waals surface area contributed by atoms with E-state index in [1.807, 2.05) is 44.2 Å². The summed E-state index contributed by atoms with van der Waals surface area (Å²) < 4.78 is 5.42. The van der Waals surface area contributed by atoms with Gasteiger partial charge in [0.05, 0.1) is 19.6 Å². The molecule has 0 heterocycles. The number of nitrogens with one attached hydrogen (secondary N) is 1. The molecule has 1 amide bonds. The van der Waals surface area contributed by atoms with Crippen molar-refractivity contribution in [2.75, 3.05) is 7.11 Å². The van der Waals surface area contributed by atoms with E-state index >= 15 is 0 Å². The molecule has 0 unspecified atom stereocenters. The molecule has 0 saturated carbocycles. The van der Waals surface area contributed by atoms with Gasteiger partial charge in [-0.25, -0.2) is 0 Å². The van der Waals surface area contributed by atoms with E-state index in [-0.39, 0.29) is 11.9 Å². The smallest absolute Gasteiger partial charge is 0.224 e. The number of hydrogen-bond donors (Lipinski definition) is 1. The van der Waals surface area contributed by atoms with Crippen LogP contribution in [0.5, 0.6) is 5.75 Å². The highest BCUT2D eigenvalue weighted by atomic mass is 16.5. The van der Waals surface area contributed by atoms with Gasteiger partial charge < -0.3 is 10.1 Å². The van der Waals surface area contributed by atoms with Crippen molar-refractivity contribution in [1.82, 2.24) is 5.32 Å². The van der Waals surface area contributed by atoms with Crippen LogP contribution in [0.15, 0.2) is 60.7 Å². The lowest BCUT2D eigenvalue weighted by molar-refractivity contribution is -0.121. The summed E-state index contributed by atoms with van der Waals surface area (Å²) in [5.74, 6) is 0.801. The Labute approximate surface area is 148 Å². The van der Waals surface area contributed by atoms with Crippen molar-refractivity contribution >= 4 is 16.7 Å². The molecule has 3 heteroatoms. The number of hydrogen-bond acceptors (Lipinski definition) is 2. The Morgan fingerprint density at radius 1 is 1.04 bits per heavy atom. The van der Waals surface area contributed by atoms with Gasteiger partial charge in [-0.15, -0.1) is 0 Å². The van der Waals surface area contributed by atoms with Crippen molar-refractivity contribution in [3.05, 3.63) is 77.4 Å². The number of ether oxygens (including phenoxy) is 1. The van der Waals surface area contributed by atoms with Gasteiger partial charge in [0.1, 0.15) is 5.75 Å². The first-order valence-electron chi connectivity index (χ1n) is 8.48. The topological polar surface area (TPSA) is 38.3 Å². The molecule has 3 aromatic carbocycles. The number of aryl methyl sites for hydroxylation is 1. The first kappa shape index (κ1) is 17.0. The molecule has 0 aromatic heterocycles. The van der Waals surface area contributed by atoms with Gasteiger partial charge in [0.2, 0.25) is 5.91 Å². The quantitative estimate of drug-likeness (QED) is 0.742. The molecule has 0 bridgehead atoms. The van der Waals surface area contributed by atoms with Crippen molar-refractivity contribution in [2.24, 2.45) is 0 Å². The van der Waals surface area contributed by atoms with Crippen molar-refractivity contribution in [3.63, 3.8) is 0 Å². The predicted molar refractivity (Wildman–Crippen MR) is 102 cm³/mol. The molecule has 0 saturated heterocycles. The Hall–Kier alpha value is -2.81. The summed E-state index contributed by atoms with van der Waals surface area (Å²) in [6, 6.07) is 20.2. The minimum Gasteiger partial charge on any atom is -0.496 e. The zero-order chi connectivity index (χ0) is 17.8. The van der Waals surface area contributed by atoms with Gasteiger partial charge in [0, 0.05) is 5.56 Å². The largest absolute Gasteiger partial charge is 0.496 e. The molecular formula is C22H23NO2. The first-order valence-corrected chi connectivity index (χ1v) is 8.48. The maximum atomic E-state index is 12.5. The Bertz CT molecular complexity index is 901. The average Bonchev–Trinajstić information content (AvgIpc) is 2.61. The summed E-state index contributed by atoms with van der Waals surface area (Å²) in [5.41, 5.74) is 3.15. The van der Waals surface area contributed by atoms with Crippen LogP contribution in [0.25, 0.3) is 10.8 Å². The maximum Gasteiger partial charge on any atom is 0.224 e. The van der Waals surface area contributed by atoms with E-state index < -0.39 is 0 Å². The van der Waals surface area contributed by atoms with Crippen molar-refractivity contribution in [3.8, 4) is 5.75 Å². The molecular weight excluding hydrogens is 310 g/mol. The van der Waals surface area contributed by atoms with Crippen LogP contribution in [-0.2, 0) is 11.2 Å². The molecule has 1 atom stereocenters. The lowest BCUT2D eigenvalue weighted by Gasteiger charge is -2.18. The monoisotopic (exact) mass is 333 g/mol. The van der Waals surface area contributed by atoms with Gasteiger partial charge >= 0.3 is 0 Å². The van der Waals surface area contributed by atoms with Crippen LogP contribution in [0.2, 0.25) is 0 Å². The fourth-order valence-electron chi connectivity index (χ4n) is 3.10. The Kier molecular flexibility index (Phi) is 5.03. The van der Waals surface area contributed by atoms with E-state index in [4.69, 9.17) is 4.74 Å². The van der Waals surface area contributed by atoms with Crippen LogP contribution in [-0.4, -0.2) is 13.0 Å². The number of amides is 1. The summed E-state index contributed by atoms with van der Waals surface area (Å²) in [4.78, 5) is 12.5. The Morgan fingerprint density at radius 2 is 1.80 bits per heavy atom. The lowest BCUT2D eigenvalue weighted by Crippen LogP contribution is -2.28. The molecule has 3 rings (SSSR count). The molecule has 3 aromatic rings. The van der Waals surface area contributed by atoms with Gasteiger partial charge in [-0.3, -0.25) is 4.79 Å². The standard InChI is InChI=1S/C22H23NO2/c1-15-8-11-21(25-3)20(12-15)16(2)23-22(24)14-17-9-10-18-6-4-5-7-19(18)13-17/h4-13,16H,14H2,1-3H3,(H,23,24)/t16-/m1/s1. The van der Waals surface area contributed by atoms with Crippen LogP contribution < -0.4 is 10.1 Å². The molecule has 25 heavy (non-hydrogen) atoms. The highest BCUT2D eigenvalue weighted by Gasteiger charge is 2.14. The van der Waals surface area contributed by atoms with Crippen LogP contribution in [0.1, 0.15) is 29.7 Å². The van der Waals surface area contributed by atoms with Crippen molar-refractivity contribution in [1.29, 1.82) is 0 Å². The van der Waals surface area contributed by atoms with Gasteiger partial charge in [-0.05, 0) is 36.2 Å². The zero-order valence-electron chi connectivity index (χ0n) is 14.9. The van der Waals surface area contributed by atoms with E-state index in [1.165, 1.54) is 5.39 Å². The van der Waals surface area contributed by atoms with Crippen molar-refractivity contribution < 1.29 is 9.53 Å². The van der Waals surface area contributed by atoms with E-state index in [0.717, 1.165) is 27.8 Å². The normalized spacial score (nSPS) is 12.0. The molecule has 1 N–H and O–H groups in total. The molecule has 0 aliphatic rings. The predicted octanol–water partition coefficient (Wildman–Crippen LogP) is 4.58. The summed E-state index contributed by atoms with van der Waals surface area (Å²) in [6.45, 7) is 4.02. The molecule has 0 fully saturated rings. The summed E-state index contributed by atoms with van der Waals surface area (Å²) in [5, 5.41) is 5.41. The molecule has 3 nitrogen and oxygen atoms in total. The minimum absolute atomic E-state index is 0.00587. The number of carbonyl (C=O) groups is 1. The van der Waals surface area contributed by atoms with E-state index in [0.29, 0.717) is 6.42 Å². The van der Waals surface area contributed by atoms with Crippen LogP contribution in [0, 0.1) is 6.92 Å². The number of fused-ring (bicyclic) bond motifs is 1. The SMILES string of the molecule is COc1ccc(C)cc1[C@@H](C)NC(=O)Cc1ccc2ccccc2c1. The minimum atomic E-state index is -0.109. The second kappa shape index (κ2) is 7.39. The Balaban J connectivity index is 1.72. The molecule has 0 spiro atoms. The van der Waals surface area contributed by atoms with E-state index in [1.54, 1.807) is 7.11 Å². The number of carbonyl (C=O) groups excluding carboxylic acids is 1. The average molecular weight is 333 g/mol. The maximum absolute atomic E-state index is 12.5. The third-order valence-corrected chi connectivity index (χ3v) is 4.41. The molecule has 0 aliphatic carbocycles. The lowest BCUT2D eigenvalue weighted by atomic mass is 10.0. The number of benzene rings is 3. The van der Waals surface area contributed by atoms with Gasteiger partial charge in [0.25, 0.3) is 0 Å². The summed E-state index contributed by atoms with van der Waals surface area (Å²) in [6.07, 6.45) is 0.364. The fourth-order valence-corrected chi connectivity index (χ4v) is 3.10. The number of methoxy groups -OCH3 is 1. The van der Waals surface area contributed by atoms with Gasteiger partial charge in [-0.2, -0.15) is 0 Å².